The summed E-state index contributed by atoms with van der Waals surface area (Å²) in [7, 11) is -3.54. The Morgan fingerprint density at radius 2 is 1.96 bits per heavy atom. The molecule has 144 valence electrons. The normalized spacial score (nSPS) is 23.1. The number of piperidine rings is 1. The highest BCUT2D eigenvalue weighted by atomic mass is 32.2. The average Bonchev–Trinajstić information content (AvgIpc) is 3.28. The van der Waals surface area contributed by atoms with Crippen LogP contribution in [-0.2, 0) is 10.0 Å². The van der Waals surface area contributed by atoms with Gasteiger partial charge in [-0.1, -0.05) is 0 Å². The summed E-state index contributed by atoms with van der Waals surface area (Å²) in [6.45, 7) is 4.53. The molecule has 2 aliphatic rings. The van der Waals surface area contributed by atoms with Crippen LogP contribution >= 0.6 is 11.3 Å². The Kier molecular flexibility index (Phi) is 4.99. The molecule has 2 aliphatic heterocycles. The lowest BCUT2D eigenvalue weighted by atomic mass is 10.1. The fraction of sp³-hybridized carbons (Fsp3) is 0.526. The van der Waals surface area contributed by atoms with Gasteiger partial charge < -0.3 is 5.11 Å². The maximum Gasteiger partial charge on any atom is 0.252 e. The van der Waals surface area contributed by atoms with E-state index in [1.54, 1.807) is 16.4 Å². The topological polar surface area (TPSA) is 84.6 Å². The minimum Gasteiger partial charge on any atom is -0.393 e. The number of nitrogens with zero attached hydrogens (tertiary/aromatic N) is 3. The van der Waals surface area contributed by atoms with Crippen LogP contribution in [0.1, 0.15) is 30.4 Å². The molecule has 0 unspecified atom stereocenters. The van der Waals surface area contributed by atoms with E-state index in [4.69, 9.17) is 5.26 Å². The van der Waals surface area contributed by atoms with Gasteiger partial charge >= 0.3 is 0 Å². The Hall–Kier alpha value is -1.50. The largest absolute Gasteiger partial charge is 0.393 e. The van der Waals surface area contributed by atoms with Gasteiger partial charge in [-0.25, -0.2) is 8.42 Å². The van der Waals surface area contributed by atoms with Gasteiger partial charge in [-0.2, -0.15) is 9.57 Å². The molecular formula is C19H23N3O3S2. The van der Waals surface area contributed by atoms with Gasteiger partial charge in [0.1, 0.15) is 4.21 Å². The number of likely N-dealkylation sites (tertiary alicyclic amines) is 1. The SMILES string of the molecule is Cc1c(S(=O)(=O)N2CC[C@@H](N3CCC(O)CC3)C2)sc2ccc(C#N)cc12. The first-order valence-electron chi connectivity index (χ1n) is 9.25. The Morgan fingerprint density at radius 1 is 1.22 bits per heavy atom. The number of hydrogen-bond donors (Lipinski definition) is 1. The first-order valence-corrected chi connectivity index (χ1v) is 11.5. The molecule has 0 radical (unpaired) electrons. The van der Waals surface area contributed by atoms with E-state index in [0.717, 1.165) is 48.0 Å². The molecule has 1 aromatic carbocycles. The number of nitriles is 1. The van der Waals surface area contributed by atoms with Crippen LogP contribution in [0.3, 0.4) is 0 Å². The van der Waals surface area contributed by atoms with Gasteiger partial charge in [0, 0.05) is 36.9 Å². The molecule has 27 heavy (non-hydrogen) atoms. The van der Waals surface area contributed by atoms with Crippen molar-refractivity contribution in [3.63, 3.8) is 0 Å². The van der Waals surface area contributed by atoms with Crippen LogP contribution < -0.4 is 0 Å². The van der Waals surface area contributed by atoms with E-state index in [1.165, 1.54) is 11.3 Å². The van der Waals surface area contributed by atoms with Gasteiger partial charge in [-0.3, -0.25) is 4.90 Å². The van der Waals surface area contributed by atoms with E-state index in [9.17, 15) is 13.5 Å². The van der Waals surface area contributed by atoms with Crippen molar-refractivity contribution in [2.45, 2.75) is 42.5 Å². The molecule has 0 bridgehead atoms. The summed E-state index contributed by atoms with van der Waals surface area (Å²) < 4.78 is 29.4. The third kappa shape index (κ3) is 3.39. The van der Waals surface area contributed by atoms with Crippen molar-refractivity contribution in [2.75, 3.05) is 26.2 Å². The zero-order valence-corrected chi connectivity index (χ0v) is 16.9. The van der Waals surface area contributed by atoms with Gasteiger partial charge in [0.2, 0.25) is 0 Å². The van der Waals surface area contributed by atoms with Crippen molar-refractivity contribution in [3.05, 3.63) is 29.3 Å². The average molecular weight is 406 g/mol. The minimum absolute atomic E-state index is 0.220. The predicted octanol–water partition coefficient (Wildman–Crippen LogP) is 2.30. The van der Waals surface area contributed by atoms with Crippen LogP contribution in [-0.4, -0.2) is 61.1 Å². The van der Waals surface area contributed by atoms with E-state index in [0.29, 0.717) is 22.9 Å². The summed E-state index contributed by atoms with van der Waals surface area (Å²) in [6.07, 6.45) is 2.14. The molecule has 1 atom stereocenters. The fourth-order valence-corrected chi connectivity index (χ4v) is 7.48. The second kappa shape index (κ2) is 7.15. The van der Waals surface area contributed by atoms with Crippen LogP contribution in [0.5, 0.6) is 0 Å². The number of hydrogen-bond acceptors (Lipinski definition) is 6. The molecule has 2 saturated heterocycles. The molecule has 2 aromatic rings. The van der Waals surface area contributed by atoms with Crippen LogP contribution in [0.25, 0.3) is 10.1 Å². The fourth-order valence-electron chi connectivity index (χ4n) is 4.11. The number of thiophene rings is 1. The van der Waals surface area contributed by atoms with Gasteiger partial charge in [-0.05, 0) is 55.3 Å². The Bertz CT molecular complexity index is 1000. The summed E-state index contributed by atoms with van der Waals surface area (Å²) in [5.41, 5.74) is 1.28. The molecular weight excluding hydrogens is 382 g/mol. The number of sulfonamides is 1. The van der Waals surface area contributed by atoms with E-state index in [2.05, 4.69) is 11.0 Å². The number of aliphatic hydroxyl groups excluding tert-OH is 1. The first kappa shape index (κ1) is 18.8. The van der Waals surface area contributed by atoms with Crippen LogP contribution in [0.15, 0.2) is 22.4 Å². The highest BCUT2D eigenvalue weighted by Crippen LogP contribution is 2.37. The lowest BCUT2D eigenvalue weighted by Gasteiger charge is -2.34. The smallest absolute Gasteiger partial charge is 0.252 e. The second-order valence-corrected chi connectivity index (χ2v) is 10.6. The molecule has 1 aromatic heterocycles. The molecule has 0 saturated carbocycles. The van der Waals surface area contributed by atoms with E-state index < -0.39 is 10.0 Å². The lowest BCUT2D eigenvalue weighted by Crippen LogP contribution is -2.44. The molecule has 2 fully saturated rings. The highest BCUT2D eigenvalue weighted by Gasteiger charge is 2.37. The number of benzene rings is 1. The Labute approximate surface area is 163 Å². The highest BCUT2D eigenvalue weighted by molar-refractivity contribution is 7.91. The summed E-state index contributed by atoms with van der Waals surface area (Å²) in [5.74, 6) is 0. The Morgan fingerprint density at radius 3 is 2.67 bits per heavy atom. The van der Waals surface area contributed by atoms with E-state index >= 15 is 0 Å². The lowest BCUT2D eigenvalue weighted by molar-refractivity contribution is 0.0638. The van der Waals surface area contributed by atoms with E-state index in [1.807, 2.05) is 13.0 Å². The summed E-state index contributed by atoms with van der Waals surface area (Å²) in [6, 6.07) is 7.67. The molecule has 4 rings (SSSR count). The van der Waals surface area contributed by atoms with Gasteiger partial charge in [0.05, 0.1) is 17.7 Å². The van der Waals surface area contributed by atoms with Crippen molar-refractivity contribution >= 4 is 31.4 Å². The van der Waals surface area contributed by atoms with Crippen LogP contribution in [0.4, 0.5) is 0 Å². The third-order valence-corrected chi connectivity index (χ3v) is 9.47. The number of aliphatic hydroxyl groups is 1. The maximum atomic E-state index is 13.3. The van der Waals surface area contributed by atoms with Crippen molar-refractivity contribution in [3.8, 4) is 6.07 Å². The molecule has 0 spiro atoms. The molecule has 3 heterocycles. The standard InChI is InChI=1S/C19H23N3O3S2/c1-13-17-10-14(11-20)2-3-18(17)26-19(13)27(24,25)22-9-4-15(12-22)21-7-5-16(23)6-8-21/h2-3,10,15-16,23H,4-9,12H2,1H3/t15-/m1/s1. The van der Waals surface area contributed by atoms with Crippen LogP contribution in [0, 0.1) is 18.3 Å². The van der Waals surface area contributed by atoms with Crippen LogP contribution in [0.2, 0.25) is 0 Å². The minimum atomic E-state index is -3.54. The predicted molar refractivity (Wildman–Crippen MR) is 105 cm³/mol. The van der Waals surface area contributed by atoms with Crippen molar-refractivity contribution in [1.29, 1.82) is 5.26 Å². The Balaban J connectivity index is 1.58. The molecule has 8 heteroatoms. The summed E-state index contributed by atoms with van der Waals surface area (Å²) >= 11 is 1.29. The number of rotatable bonds is 3. The molecule has 1 N–H and O–H groups in total. The van der Waals surface area contributed by atoms with Crippen molar-refractivity contribution in [2.24, 2.45) is 0 Å². The quantitative estimate of drug-likeness (QED) is 0.847. The first-order chi connectivity index (χ1) is 12.9. The zero-order valence-electron chi connectivity index (χ0n) is 15.3. The molecule has 6 nitrogen and oxygen atoms in total. The van der Waals surface area contributed by atoms with Gasteiger partial charge in [0.15, 0.2) is 0 Å². The van der Waals surface area contributed by atoms with E-state index in [-0.39, 0.29) is 12.1 Å². The number of fused-ring (bicyclic) bond motifs is 1. The molecule has 0 aliphatic carbocycles. The van der Waals surface area contributed by atoms with Crippen molar-refractivity contribution in [1.82, 2.24) is 9.21 Å². The maximum absolute atomic E-state index is 13.3. The van der Waals surface area contributed by atoms with Gasteiger partial charge in [0.25, 0.3) is 10.0 Å². The van der Waals surface area contributed by atoms with Gasteiger partial charge in [-0.15, -0.1) is 11.3 Å². The third-order valence-electron chi connectivity index (χ3n) is 5.74. The summed E-state index contributed by atoms with van der Waals surface area (Å²) in [4.78, 5) is 2.32. The monoisotopic (exact) mass is 405 g/mol. The summed E-state index contributed by atoms with van der Waals surface area (Å²) in [5, 5.41) is 19.6. The number of aryl methyl sites for hydroxylation is 1. The second-order valence-electron chi connectivity index (χ2n) is 7.41. The zero-order chi connectivity index (χ0) is 19.2. The molecule has 0 amide bonds. The van der Waals surface area contributed by atoms with Crippen molar-refractivity contribution < 1.29 is 13.5 Å².